The highest BCUT2D eigenvalue weighted by atomic mass is 16.5. The number of nitrogens with one attached hydrogen (secondary N) is 1. The third kappa shape index (κ3) is 2.13. The highest BCUT2D eigenvalue weighted by Gasteiger charge is 2.65. The van der Waals surface area contributed by atoms with Crippen molar-refractivity contribution >= 4 is 11.8 Å². The van der Waals surface area contributed by atoms with Crippen molar-refractivity contribution in [3.05, 3.63) is 53.9 Å². The van der Waals surface area contributed by atoms with E-state index >= 15 is 0 Å². The molecule has 0 saturated carbocycles. The molecule has 3 saturated heterocycles. The first kappa shape index (κ1) is 15.6. The SMILES string of the molecule is O=C(Cc1ccn[nH]1)N1CC[C@@]23OC[C@@H](c4ccccc4)N2C(=O)C[C@@H]13. The van der Waals surface area contributed by atoms with Crippen molar-refractivity contribution in [1.29, 1.82) is 0 Å². The van der Waals surface area contributed by atoms with Crippen molar-refractivity contribution in [2.75, 3.05) is 13.2 Å². The molecule has 0 aliphatic carbocycles. The standard InChI is InChI=1S/C19H20N4O3/c24-17(10-14-6-8-20-21-14)22-9-7-19-16(22)11-18(25)23(19)15(12-26-19)13-4-2-1-3-5-13/h1-6,8,15-16H,7,9-12H2,(H,20,21)/t15-,16+,19-/m0/s1. The Morgan fingerprint density at radius 2 is 2.15 bits per heavy atom. The van der Waals surface area contributed by atoms with E-state index in [1.54, 1.807) is 12.3 Å². The number of carbonyl (C=O) groups excluding carboxylic acids is 2. The van der Waals surface area contributed by atoms with Gasteiger partial charge in [-0.3, -0.25) is 14.7 Å². The predicted molar refractivity (Wildman–Crippen MR) is 91.7 cm³/mol. The second-order valence-electron chi connectivity index (χ2n) is 7.16. The van der Waals surface area contributed by atoms with Crippen molar-refractivity contribution in [2.24, 2.45) is 0 Å². The van der Waals surface area contributed by atoms with Crippen molar-refractivity contribution in [3.63, 3.8) is 0 Å². The summed E-state index contributed by atoms with van der Waals surface area (Å²) in [5.41, 5.74) is 1.20. The van der Waals surface area contributed by atoms with Crippen LogP contribution in [0.1, 0.15) is 30.1 Å². The summed E-state index contributed by atoms with van der Waals surface area (Å²) < 4.78 is 6.23. The smallest absolute Gasteiger partial charge is 0.228 e. The molecule has 1 aromatic heterocycles. The molecule has 2 aromatic rings. The van der Waals surface area contributed by atoms with E-state index in [9.17, 15) is 9.59 Å². The lowest BCUT2D eigenvalue weighted by Crippen LogP contribution is -2.49. The summed E-state index contributed by atoms with van der Waals surface area (Å²) in [6.07, 6.45) is 2.90. The Kier molecular flexibility index (Phi) is 3.40. The number of hydrogen-bond donors (Lipinski definition) is 1. The second-order valence-corrected chi connectivity index (χ2v) is 7.16. The monoisotopic (exact) mass is 352 g/mol. The molecule has 3 aliphatic rings. The molecule has 134 valence electrons. The fourth-order valence-electron chi connectivity index (χ4n) is 4.71. The highest BCUT2D eigenvalue weighted by Crippen LogP contribution is 2.51. The molecular formula is C19H20N4O3. The van der Waals surface area contributed by atoms with E-state index in [1.807, 2.05) is 40.1 Å². The fraction of sp³-hybridized carbons (Fsp3) is 0.421. The van der Waals surface area contributed by atoms with Gasteiger partial charge in [-0.25, -0.2) is 0 Å². The molecule has 3 fully saturated rings. The minimum atomic E-state index is -0.665. The number of aromatic amines is 1. The summed E-state index contributed by atoms with van der Waals surface area (Å²) in [5, 5.41) is 6.72. The number of ether oxygens (including phenoxy) is 1. The molecule has 0 bridgehead atoms. The van der Waals surface area contributed by atoms with Crippen LogP contribution in [0.2, 0.25) is 0 Å². The van der Waals surface area contributed by atoms with Gasteiger partial charge in [0.25, 0.3) is 0 Å². The zero-order valence-electron chi connectivity index (χ0n) is 14.3. The zero-order valence-corrected chi connectivity index (χ0v) is 14.3. The minimum Gasteiger partial charge on any atom is -0.351 e. The largest absolute Gasteiger partial charge is 0.351 e. The van der Waals surface area contributed by atoms with Gasteiger partial charge < -0.3 is 14.5 Å². The molecule has 5 rings (SSSR count). The summed E-state index contributed by atoms with van der Waals surface area (Å²) in [4.78, 5) is 29.3. The Bertz CT molecular complexity index is 838. The summed E-state index contributed by atoms with van der Waals surface area (Å²) in [6.45, 7) is 1.09. The van der Waals surface area contributed by atoms with E-state index in [1.165, 1.54) is 0 Å². The van der Waals surface area contributed by atoms with Gasteiger partial charge in [0.1, 0.15) is 0 Å². The highest BCUT2D eigenvalue weighted by molar-refractivity contribution is 5.85. The van der Waals surface area contributed by atoms with E-state index in [-0.39, 0.29) is 30.3 Å². The van der Waals surface area contributed by atoms with Gasteiger partial charge in [-0.15, -0.1) is 0 Å². The lowest BCUT2D eigenvalue weighted by atomic mass is 10.0. The average Bonchev–Trinajstić information content (AvgIpc) is 3.39. The molecule has 3 aliphatic heterocycles. The number of likely N-dealkylation sites (tertiary alicyclic amines) is 1. The summed E-state index contributed by atoms with van der Waals surface area (Å²) in [5.74, 6) is 0.0814. The van der Waals surface area contributed by atoms with Crippen LogP contribution in [0.5, 0.6) is 0 Å². The molecule has 3 atom stereocenters. The second kappa shape index (κ2) is 5.67. The van der Waals surface area contributed by atoms with Crippen LogP contribution in [0, 0.1) is 0 Å². The third-order valence-electron chi connectivity index (χ3n) is 5.86. The number of carbonyl (C=O) groups is 2. The summed E-state index contributed by atoms with van der Waals surface area (Å²) in [7, 11) is 0. The first-order valence-corrected chi connectivity index (χ1v) is 8.98. The third-order valence-corrected chi connectivity index (χ3v) is 5.86. The van der Waals surface area contributed by atoms with Crippen molar-refractivity contribution in [3.8, 4) is 0 Å². The van der Waals surface area contributed by atoms with E-state index in [0.29, 0.717) is 26.0 Å². The lowest BCUT2D eigenvalue weighted by Gasteiger charge is -2.33. The molecule has 1 spiro atoms. The van der Waals surface area contributed by atoms with Gasteiger partial charge in [0, 0.05) is 24.9 Å². The van der Waals surface area contributed by atoms with Gasteiger partial charge in [0.15, 0.2) is 5.72 Å². The van der Waals surface area contributed by atoms with E-state index in [0.717, 1.165) is 11.3 Å². The Balaban J connectivity index is 1.41. The van der Waals surface area contributed by atoms with Crippen LogP contribution in [0.15, 0.2) is 42.6 Å². The Hall–Kier alpha value is -2.67. The number of amides is 2. The maximum absolute atomic E-state index is 12.8. The van der Waals surface area contributed by atoms with Gasteiger partial charge in [-0.05, 0) is 11.6 Å². The van der Waals surface area contributed by atoms with Gasteiger partial charge in [-0.2, -0.15) is 5.10 Å². The summed E-state index contributed by atoms with van der Waals surface area (Å²) in [6, 6.07) is 11.5. The minimum absolute atomic E-state index is 0.0116. The van der Waals surface area contributed by atoms with Crippen LogP contribution in [0.3, 0.4) is 0 Å². The number of rotatable bonds is 3. The maximum Gasteiger partial charge on any atom is 0.228 e. The Morgan fingerprint density at radius 3 is 2.92 bits per heavy atom. The molecular weight excluding hydrogens is 332 g/mol. The first-order chi connectivity index (χ1) is 12.7. The van der Waals surface area contributed by atoms with E-state index in [2.05, 4.69) is 10.2 Å². The van der Waals surface area contributed by atoms with E-state index in [4.69, 9.17) is 4.74 Å². The van der Waals surface area contributed by atoms with Crippen LogP contribution in [0.4, 0.5) is 0 Å². The number of benzene rings is 1. The molecule has 1 N–H and O–H groups in total. The Morgan fingerprint density at radius 1 is 1.31 bits per heavy atom. The fourth-order valence-corrected chi connectivity index (χ4v) is 4.71. The van der Waals surface area contributed by atoms with Gasteiger partial charge in [0.05, 0.1) is 31.5 Å². The van der Waals surface area contributed by atoms with E-state index < -0.39 is 5.72 Å². The van der Waals surface area contributed by atoms with Crippen molar-refractivity contribution < 1.29 is 14.3 Å². The molecule has 2 amide bonds. The number of hydrogen-bond acceptors (Lipinski definition) is 4. The van der Waals surface area contributed by atoms with Crippen LogP contribution in [0.25, 0.3) is 0 Å². The molecule has 7 nitrogen and oxygen atoms in total. The van der Waals surface area contributed by atoms with Gasteiger partial charge >= 0.3 is 0 Å². The molecule has 0 radical (unpaired) electrons. The molecule has 4 heterocycles. The van der Waals surface area contributed by atoms with Crippen LogP contribution in [-0.4, -0.2) is 56.7 Å². The van der Waals surface area contributed by atoms with Crippen LogP contribution >= 0.6 is 0 Å². The first-order valence-electron chi connectivity index (χ1n) is 8.98. The maximum atomic E-state index is 12.8. The molecule has 26 heavy (non-hydrogen) atoms. The number of nitrogens with zero attached hydrogens (tertiary/aromatic N) is 3. The topological polar surface area (TPSA) is 78.5 Å². The van der Waals surface area contributed by atoms with Crippen LogP contribution in [-0.2, 0) is 20.7 Å². The van der Waals surface area contributed by atoms with Crippen molar-refractivity contribution in [2.45, 2.75) is 37.1 Å². The predicted octanol–water partition coefficient (Wildman–Crippen LogP) is 1.25. The molecule has 0 unspecified atom stereocenters. The van der Waals surface area contributed by atoms with Gasteiger partial charge in [-0.1, -0.05) is 30.3 Å². The average molecular weight is 352 g/mol. The molecule has 7 heteroatoms. The normalized spacial score (nSPS) is 29.9. The van der Waals surface area contributed by atoms with Crippen LogP contribution < -0.4 is 0 Å². The zero-order chi connectivity index (χ0) is 17.7. The lowest BCUT2D eigenvalue weighted by molar-refractivity contribution is -0.141. The summed E-state index contributed by atoms with van der Waals surface area (Å²) >= 11 is 0. The van der Waals surface area contributed by atoms with Crippen molar-refractivity contribution in [1.82, 2.24) is 20.0 Å². The molecule has 1 aromatic carbocycles. The number of aromatic nitrogens is 2. The van der Waals surface area contributed by atoms with Gasteiger partial charge in [0.2, 0.25) is 11.8 Å². The Labute approximate surface area is 150 Å². The quantitative estimate of drug-likeness (QED) is 0.902. The number of H-pyrrole nitrogens is 1.